The smallest absolute Gasteiger partial charge is 0.263 e. The zero-order valence-corrected chi connectivity index (χ0v) is 11.3. The summed E-state index contributed by atoms with van der Waals surface area (Å²) in [5.41, 5.74) is 1.02. The van der Waals surface area contributed by atoms with Crippen molar-refractivity contribution in [3.8, 4) is 6.07 Å². The second-order valence-corrected chi connectivity index (χ2v) is 5.72. The van der Waals surface area contributed by atoms with Gasteiger partial charge in [0.1, 0.15) is 11.0 Å². The minimum absolute atomic E-state index is 0.0723. The highest BCUT2D eigenvalue weighted by molar-refractivity contribution is 7.92. The van der Waals surface area contributed by atoms with E-state index in [2.05, 4.69) is 4.72 Å². The molecule has 0 saturated carbocycles. The SMILES string of the molecule is N#Cc1ccccc1S(=O)(=O)Nc1cccc(CO)c1. The predicted octanol–water partition coefficient (Wildman–Crippen LogP) is 1.85. The van der Waals surface area contributed by atoms with Gasteiger partial charge < -0.3 is 5.11 Å². The minimum Gasteiger partial charge on any atom is -0.392 e. The first-order valence-electron chi connectivity index (χ1n) is 5.78. The molecule has 0 bridgehead atoms. The standard InChI is InChI=1S/C14H12N2O3S/c15-9-12-5-1-2-7-14(12)20(18,19)16-13-6-3-4-11(8-13)10-17/h1-8,16-17H,10H2. The second kappa shape index (κ2) is 5.74. The van der Waals surface area contributed by atoms with Crippen molar-refractivity contribution in [1.29, 1.82) is 5.26 Å². The van der Waals surface area contributed by atoms with Crippen LogP contribution in [0.5, 0.6) is 0 Å². The van der Waals surface area contributed by atoms with E-state index in [4.69, 9.17) is 10.4 Å². The Bertz CT molecular complexity index is 764. The first-order chi connectivity index (χ1) is 9.56. The first kappa shape index (κ1) is 14.1. The van der Waals surface area contributed by atoms with Gasteiger partial charge in [0.15, 0.2) is 0 Å². The maximum absolute atomic E-state index is 12.3. The summed E-state index contributed by atoms with van der Waals surface area (Å²) in [6.45, 7) is -0.176. The molecule has 0 aromatic heterocycles. The zero-order chi connectivity index (χ0) is 14.6. The number of hydrogen-bond acceptors (Lipinski definition) is 4. The average molecular weight is 288 g/mol. The zero-order valence-electron chi connectivity index (χ0n) is 10.4. The van der Waals surface area contributed by atoms with Gasteiger partial charge in [-0.05, 0) is 29.8 Å². The van der Waals surface area contributed by atoms with Gasteiger partial charge in [-0.3, -0.25) is 4.72 Å². The third-order valence-electron chi connectivity index (χ3n) is 2.66. The molecular weight excluding hydrogens is 276 g/mol. The van der Waals surface area contributed by atoms with E-state index in [1.165, 1.54) is 18.2 Å². The monoisotopic (exact) mass is 288 g/mol. The average Bonchev–Trinajstić information content (AvgIpc) is 2.47. The quantitative estimate of drug-likeness (QED) is 0.898. The molecule has 0 saturated heterocycles. The van der Waals surface area contributed by atoms with Crippen LogP contribution in [0.25, 0.3) is 0 Å². The van der Waals surface area contributed by atoms with Crippen LogP contribution in [0.2, 0.25) is 0 Å². The highest BCUT2D eigenvalue weighted by atomic mass is 32.2. The Morgan fingerprint density at radius 3 is 2.60 bits per heavy atom. The lowest BCUT2D eigenvalue weighted by atomic mass is 10.2. The molecule has 20 heavy (non-hydrogen) atoms. The number of hydrogen-bond donors (Lipinski definition) is 2. The van der Waals surface area contributed by atoms with Crippen LogP contribution in [0.15, 0.2) is 53.4 Å². The van der Waals surface area contributed by atoms with Gasteiger partial charge in [-0.25, -0.2) is 8.42 Å². The molecular formula is C14H12N2O3S. The molecule has 0 radical (unpaired) electrons. The van der Waals surface area contributed by atoms with Crippen LogP contribution in [0.1, 0.15) is 11.1 Å². The lowest BCUT2D eigenvalue weighted by molar-refractivity contribution is 0.282. The fourth-order valence-electron chi connectivity index (χ4n) is 1.74. The molecule has 5 nitrogen and oxygen atoms in total. The molecule has 0 aliphatic heterocycles. The van der Waals surface area contributed by atoms with Crippen LogP contribution in [-0.2, 0) is 16.6 Å². The number of nitrogens with zero attached hydrogens (tertiary/aromatic N) is 1. The van der Waals surface area contributed by atoms with Gasteiger partial charge >= 0.3 is 0 Å². The van der Waals surface area contributed by atoms with E-state index in [1.807, 2.05) is 6.07 Å². The Morgan fingerprint density at radius 1 is 1.15 bits per heavy atom. The summed E-state index contributed by atoms with van der Waals surface area (Å²) in [6, 6.07) is 14.3. The topological polar surface area (TPSA) is 90.2 Å². The Balaban J connectivity index is 2.39. The van der Waals surface area contributed by atoms with E-state index in [0.717, 1.165) is 0 Å². The Hall–Kier alpha value is -2.36. The Kier molecular flexibility index (Phi) is 4.03. The number of sulfonamides is 1. The minimum atomic E-state index is -3.84. The lowest BCUT2D eigenvalue weighted by Gasteiger charge is -2.10. The van der Waals surface area contributed by atoms with Crippen LogP contribution in [0.4, 0.5) is 5.69 Å². The highest BCUT2D eigenvalue weighted by Crippen LogP contribution is 2.19. The van der Waals surface area contributed by atoms with Gasteiger partial charge in [0.05, 0.1) is 12.2 Å². The second-order valence-electron chi connectivity index (χ2n) is 4.07. The third-order valence-corrected chi connectivity index (χ3v) is 4.10. The van der Waals surface area contributed by atoms with Crippen molar-refractivity contribution in [2.45, 2.75) is 11.5 Å². The van der Waals surface area contributed by atoms with E-state index >= 15 is 0 Å². The molecule has 0 fully saturated rings. The van der Waals surface area contributed by atoms with Crippen LogP contribution in [0, 0.1) is 11.3 Å². The van der Waals surface area contributed by atoms with Crippen LogP contribution in [-0.4, -0.2) is 13.5 Å². The van der Waals surface area contributed by atoms with E-state index in [-0.39, 0.29) is 17.1 Å². The molecule has 2 rings (SSSR count). The highest BCUT2D eigenvalue weighted by Gasteiger charge is 2.18. The van der Waals surface area contributed by atoms with E-state index in [9.17, 15) is 8.42 Å². The maximum atomic E-state index is 12.3. The fraction of sp³-hybridized carbons (Fsp3) is 0.0714. The molecule has 6 heteroatoms. The summed E-state index contributed by atoms with van der Waals surface area (Å²) in [6.07, 6.45) is 0. The molecule has 0 aliphatic rings. The number of anilines is 1. The molecule has 0 atom stereocenters. The van der Waals surface area contributed by atoms with E-state index in [0.29, 0.717) is 11.3 Å². The van der Waals surface area contributed by atoms with E-state index < -0.39 is 10.0 Å². The summed E-state index contributed by atoms with van der Waals surface area (Å²) in [4.78, 5) is -0.0723. The van der Waals surface area contributed by atoms with Gasteiger partial charge in [-0.1, -0.05) is 24.3 Å². The number of nitriles is 1. The van der Waals surface area contributed by atoms with Crippen molar-refractivity contribution < 1.29 is 13.5 Å². The van der Waals surface area contributed by atoms with Gasteiger partial charge in [0, 0.05) is 5.69 Å². The number of rotatable bonds is 4. The van der Waals surface area contributed by atoms with Crippen LogP contribution < -0.4 is 4.72 Å². The van der Waals surface area contributed by atoms with E-state index in [1.54, 1.807) is 30.3 Å². The number of benzene rings is 2. The predicted molar refractivity (Wildman–Crippen MR) is 74.3 cm³/mol. The largest absolute Gasteiger partial charge is 0.392 e. The summed E-state index contributed by atoms with van der Waals surface area (Å²) in [5, 5.41) is 18.0. The van der Waals surface area contributed by atoms with Crippen LogP contribution >= 0.6 is 0 Å². The first-order valence-corrected chi connectivity index (χ1v) is 7.27. The van der Waals surface area contributed by atoms with Crippen molar-refractivity contribution in [1.82, 2.24) is 0 Å². The molecule has 0 heterocycles. The summed E-state index contributed by atoms with van der Waals surface area (Å²) in [7, 11) is -3.84. The summed E-state index contributed by atoms with van der Waals surface area (Å²) in [5.74, 6) is 0. The van der Waals surface area contributed by atoms with Gasteiger partial charge in [-0.2, -0.15) is 5.26 Å². The van der Waals surface area contributed by atoms with Crippen molar-refractivity contribution in [3.05, 3.63) is 59.7 Å². The van der Waals surface area contributed by atoms with Crippen molar-refractivity contribution >= 4 is 15.7 Å². The van der Waals surface area contributed by atoms with Crippen molar-refractivity contribution in [2.24, 2.45) is 0 Å². The lowest BCUT2D eigenvalue weighted by Crippen LogP contribution is -2.14. The maximum Gasteiger partial charge on any atom is 0.263 e. The third kappa shape index (κ3) is 2.96. The van der Waals surface area contributed by atoms with Crippen LogP contribution in [0.3, 0.4) is 0 Å². The van der Waals surface area contributed by atoms with Gasteiger partial charge in [0.2, 0.25) is 0 Å². The fourth-order valence-corrected chi connectivity index (χ4v) is 2.94. The molecule has 0 spiro atoms. The summed E-state index contributed by atoms with van der Waals surface area (Å²) < 4.78 is 26.9. The Morgan fingerprint density at radius 2 is 1.90 bits per heavy atom. The molecule has 102 valence electrons. The van der Waals surface area contributed by atoms with Crippen molar-refractivity contribution in [3.63, 3.8) is 0 Å². The number of aliphatic hydroxyl groups excluding tert-OH is 1. The molecule has 2 N–H and O–H groups in total. The molecule has 0 aliphatic carbocycles. The van der Waals surface area contributed by atoms with Gasteiger partial charge in [0.25, 0.3) is 10.0 Å². The summed E-state index contributed by atoms with van der Waals surface area (Å²) >= 11 is 0. The molecule has 0 unspecified atom stereocenters. The van der Waals surface area contributed by atoms with Crippen molar-refractivity contribution in [2.75, 3.05) is 4.72 Å². The molecule has 0 amide bonds. The molecule has 2 aromatic carbocycles. The molecule has 2 aromatic rings. The normalized spacial score (nSPS) is 10.8. The number of nitrogens with one attached hydrogen (secondary N) is 1. The number of aliphatic hydroxyl groups is 1. The Labute approximate surface area is 117 Å². The van der Waals surface area contributed by atoms with Gasteiger partial charge in [-0.15, -0.1) is 0 Å².